The highest BCUT2D eigenvalue weighted by atomic mass is 15.2. The van der Waals surface area contributed by atoms with Crippen LogP contribution in [-0.4, -0.2) is 34.5 Å². The summed E-state index contributed by atoms with van der Waals surface area (Å²) in [6, 6.07) is 2.03. The maximum Gasteiger partial charge on any atom is 0.144 e. The lowest BCUT2D eigenvalue weighted by molar-refractivity contribution is 0.109. The normalized spacial score (nSPS) is 19.0. The van der Waals surface area contributed by atoms with Gasteiger partial charge in [0.05, 0.1) is 6.54 Å². The molecule has 0 aliphatic carbocycles. The lowest BCUT2D eigenvalue weighted by Crippen LogP contribution is -2.39. The average molecular weight is 276 g/mol. The molecule has 2 rings (SSSR count). The highest BCUT2D eigenvalue weighted by Gasteiger charge is 2.26. The highest BCUT2D eigenvalue weighted by Crippen LogP contribution is 2.28. The van der Waals surface area contributed by atoms with E-state index in [9.17, 15) is 0 Å². The zero-order valence-corrected chi connectivity index (χ0v) is 13.4. The van der Waals surface area contributed by atoms with Crippen LogP contribution in [0.4, 0.5) is 5.82 Å². The Morgan fingerprint density at radius 3 is 2.85 bits per heavy atom. The van der Waals surface area contributed by atoms with Crippen LogP contribution in [0.25, 0.3) is 0 Å². The summed E-state index contributed by atoms with van der Waals surface area (Å²) in [6.07, 6.45) is 3.71. The van der Waals surface area contributed by atoms with Crippen LogP contribution in [0.5, 0.6) is 0 Å². The van der Waals surface area contributed by atoms with E-state index >= 15 is 0 Å². The third-order valence-electron chi connectivity index (χ3n) is 3.80. The first-order valence-corrected chi connectivity index (χ1v) is 7.79. The van der Waals surface area contributed by atoms with E-state index in [-0.39, 0.29) is 0 Å². The molecule has 1 aliphatic rings. The van der Waals surface area contributed by atoms with Crippen molar-refractivity contribution in [3.8, 4) is 0 Å². The summed E-state index contributed by atoms with van der Waals surface area (Å²) in [6.45, 7) is 13.0. The third-order valence-corrected chi connectivity index (χ3v) is 3.80. The quantitative estimate of drug-likeness (QED) is 0.896. The van der Waals surface area contributed by atoms with Gasteiger partial charge in [-0.2, -0.15) is 0 Å². The highest BCUT2D eigenvalue weighted by molar-refractivity contribution is 5.35. The largest absolute Gasteiger partial charge is 0.370 e. The van der Waals surface area contributed by atoms with Gasteiger partial charge in [-0.3, -0.25) is 4.90 Å². The van der Waals surface area contributed by atoms with Gasteiger partial charge in [-0.1, -0.05) is 20.8 Å². The average Bonchev–Trinajstić information content (AvgIpc) is 2.34. The number of nitrogens with one attached hydrogen (secondary N) is 1. The standard InChI is InChI=1S/C16H28N4/c1-5-8-17-14-10-13(2)18-15(19-14)11-20-9-6-7-16(3,4)12-20/h10H,5-9,11-12H2,1-4H3,(H,17,18,19). The Balaban J connectivity index is 2.03. The summed E-state index contributed by atoms with van der Waals surface area (Å²) in [4.78, 5) is 11.7. The Bertz CT molecular complexity index is 442. The van der Waals surface area contributed by atoms with Crippen LogP contribution < -0.4 is 5.32 Å². The summed E-state index contributed by atoms with van der Waals surface area (Å²) in [7, 11) is 0. The van der Waals surface area contributed by atoms with E-state index in [1.165, 1.54) is 19.4 Å². The molecule has 1 aromatic rings. The van der Waals surface area contributed by atoms with Crippen molar-refractivity contribution in [1.29, 1.82) is 0 Å². The molecule has 2 heterocycles. The zero-order chi connectivity index (χ0) is 14.6. The fourth-order valence-electron chi connectivity index (χ4n) is 2.92. The van der Waals surface area contributed by atoms with Crippen LogP contribution in [0.2, 0.25) is 0 Å². The molecule has 0 unspecified atom stereocenters. The molecule has 0 spiro atoms. The number of likely N-dealkylation sites (tertiary alicyclic amines) is 1. The summed E-state index contributed by atoms with van der Waals surface area (Å²) in [5, 5.41) is 3.36. The lowest BCUT2D eigenvalue weighted by atomic mass is 9.84. The maximum absolute atomic E-state index is 4.65. The summed E-state index contributed by atoms with van der Waals surface area (Å²) >= 11 is 0. The van der Waals surface area contributed by atoms with Crippen molar-refractivity contribution in [2.75, 3.05) is 25.0 Å². The number of piperidine rings is 1. The van der Waals surface area contributed by atoms with Gasteiger partial charge in [0.1, 0.15) is 11.6 Å². The summed E-state index contributed by atoms with van der Waals surface area (Å²) < 4.78 is 0. The van der Waals surface area contributed by atoms with Crippen molar-refractivity contribution >= 4 is 5.82 Å². The van der Waals surface area contributed by atoms with E-state index in [0.29, 0.717) is 5.41 Å². The van der Waals surface area contributed by atoms with Gasteiger partial charge in [-0.05, 0) is 38.1 Å². The second kappa shape index (κ2) is 6.53. The van der Waals surface area contributed by atoms with Crippen LogP contribution in [0, 0.1) is 12.3 Å². The molecule has 4 heteroatoms. The molecule has 1 N–H and O–H groups in total. The van der Waals surface area contributed by atoms with Crippen LogP contribution in [0.15, 0.2) is 6.07 Å². The van der Waals surface area contributed by atoms with Gasteiger partial charge in [0, 0.05) is 24.8 Å². The molecule has 0 amide bonds. The number of hydrogen-bond donors (Lipinski definition) is 1. The zero-order valence-electron chi connectivity index (χ0n) is 13.4. The molecule has 0 aromatic carbocycles. The minimum absolute atomic E-state index is 0.422. The third kappa shape index (κ3) is 4.44. The fourth-order valence-corrected chi connectivity index (χ4v) is 2.92. The first-order chi connectivity index (χ1) is 9.48. The molecule has 0 atom stereocenters. The molecule has 0 bridgehead atoms. The van der Waals surface area contributed by atoms with Gasteiger partial charge in [0.25, 0.3) is 0 Å². The number of nitrogens with zero attached hydrogens (tertiary/aromatic N) is 3. The number of aryl methyl sites for hydroxylation is 1. The SMILES string of the molecule is CCCNc1cc(C)nc(CN2CCCC(C)(C)C2)n1. The Kier molecular flexibility index (Phi) is 4.97. The number of aromatic nitrogens is 2. The Hall–Kier alpha value is -1.16. The molecule has 1 aromatic heterocycles. The van der Waals surface area contributed by atoms with Gasteiger partial charge < -0.3 is 5.32 Å². The van der Waals surface area contributed by atoms with Crippen molar-refractivity contribution in [1.82, 2.24) is 14.9 Å². The predicted octanol–water partition coefficient (Wildman–Crippen LogP) is 3.23. The minimum atomic E-state index is 0.422. The number of hydrogen-bond acceptors (Lipinski definition) is 4. The molecule has 20 heavy (non-hydrogen) atoms. The molecule has 1 saturated heterocycles. The first kappa shape index (κ1) is 15.2. The van der Waals surface area contributed by atoms with E-state index in [1.807, 2.05) is 13.0 Å². The van der Waals surface area contributed by atoms with Crippen LogP contribution in [0.3, 0.4) is 0 Å². The smallest absolute Gasteiger partial charge is 0.144 e. The van der Waals surface area contributed by atoms with E-state index < -0.39 is 0 Å². The maximum atomic E-state index is 4.65. The molecule has 4 nitrogen and oxygen atoms in total. The topological polar surface area (TPSA) is 41.1 Å². The van der Waals surface area contributed by atoms with E-state index in [1.54, 1.807) is 0 Å². The Morgan fingerprint density at radius 2 is 2.15 bits per heavy atom. The molecular formula is C16H28N4. The van der Waals surface area contributed by atoms with E-state index in [2.05, 4.69) is 41.0 Å². The van der Waals surface area contributed by atoms with Gasteiger partial charge in [-0.15, -0.1) is 0 Å². The van der Waals surface area contributed by atoms with Crippen molar-refractivity contribution in [2.24, 2.45) is 5.41 Å². The summed E-state index contributed by atoms with van der Waals surface area (Å²) in [5.41, 5.74) is 1.47. The molecule has 1 fully saturated rings. The number of anilines is 1. The van der Waals surface area contributed by atoms with Crippen molar-refractivity contribution in [3.05, 3.63) is 17.6 Å². The van der Waals surface area contributed by atoms with Crippen molar-refractivity contribution in [3.63, 3.8) is 0 Å². The Morgan fingerprint density at radius 1 is 1.35 bits per heavy atom. The van der Waals surface area contributed by atoms with Crippen molar-refractivity contribution in [2.45, 2.75) is 53.5 Å². The monoisotopic (exact) mass is 276 g/mol. The second-order valence-electron chi connectivity index (χ2n) is 6.72. The van der Waals surface area contributed by atoms with E-state index in [4.69, 9.17) is 0 Å². The van der Waals surface area contributed by atoms with Gasteiger partial charge in [0.15, 0.2) is 0 Å². The van der Waals surface area contributed by atoms with Gasteiger partial charge in [0.2, 0.25) is 0 Å². The van der Waals surface area contributed by atoms with E-state index in [0.717, 1.165) is 43.4 Å². The van der Waals surface area contributed by atoms with Gasteiger partial charge in [-0.25, -0.2) is 9.97 Å². The molecule has 1 aliphatic heterocycles. The minimum Gasteiger partial charge on any atom is -0.370 e. The number of rotatable bonds is 5. The molecular weight excluding hydrogens is 248 g/mol. The molecule has 0 saturated carbocycles. The predicted molar refractivity (Wildman–Crippen MR) is 83.8 cm³/mol. The molecule has 112 valence electrons. The fraction of sp³-hybridized carbons (Fsp3) is 0.750. The lowest BCUT2D eigenvalue weighted by Gasteiger charge is -2.37. The summed E-state index contributed by atoms with van der Waals surface area (Å²) in [5.74, 6) is 1.91. The van der Waals surface area contributed by atoms with Crippen LogP contribution >= 0.6 is 0 Å². The first-order valence-electron chi connectivity index (χ1n) is 7.79. The second-order valence-corrected chi connectivity index (χ2v) is 6.72. The van der Waals surface area contributed by atoms with Crippen molar-refractivity contribution < 1.29 is 0 Å². The Labute approximate surface area is 123 Å². The van der Waals surface area contributed by atoms with Crippen LogP contribution in [0.1, 0.15) is 51.6 Å². The van der Waals surface area contributed by atoms with Crippen LogP contribution in [-0.2, 0) is 6.54 Å². The van der Waals surface area contributed by atoms with Gasteiger partial charge >= 0.3 is 0 Å². The molecule has 0 radical (unpaired) electrons.